The van der Waals surface area contributed by atoms with E-state index in [9.17, 15) is 24.3 Å². The van der Waals surface area contributed by atoms with E-state index in [4.69, 9.17) is 9.47 Å². The van der Waals surface area contributed by atoms with E-state index in [1.807, 2.05) is 72.8 Å². The number of nitrogens with one attached hydrogen (secondary N) is 2. The molecule has 0 aliphatic heterocycles. The van der Waals surface area contributed by atoms with Crippen molar-refractivity contribution in [1.29, 1.82) is 0 Å². The number of esters is 1. The summed E-state index contributed by atoms with van der Waals surface area (Å²) in [4.78, 5) is 55.5. The highest BCUT2D eigenvalue weighted by molar-refractivity contribution is 5.86. The lowest BCUT2D eigenvalue weighted by atomic mass is 9.98. The van der Waals surface area contributed by atoms with E-state index in [0.29, 0.717) is 18.5 Å². The first-order chi connectivity index (χ1) is 26.8. The van der Waals surface area contributed by atoms with Gasteiger partial charge in [0.15, 0.2) is 0 Å². The number of hydrogen-bond acceptors (Lipinski definition) is 7. The molecule has 0 fully saturated rings. The smallest absolute Gasteiger partial charge is 0.407 e. The third kappa shape index (κ3) is 11.0. The molecule has 55 heavy (non-hydrogen) atoms. The summed E-state index contributed by atoms with van der Waals surface area (Å²) in [6.07, 6.45) is 2.35. The average Bonchev–Trinajstić information content (AvgIpc) is 3.53. The first-order valence-electron chi connectivity index (χ1n) is 18.6. The maximum absolute atomic E-state index is 13.7. The van der Waals surface area contributed by atoms with Crippen LogP contribution in [0, 0.1) is 5.92 Å². The third-order valence-corrected chi connectivity index (χ3v) is 9.65. The molecule has 3 atom stereocenters. The molecular formula is C45H49N3O7. The summed E-state index contributed by atoms with van der Waals surface area (Å²) in [5.41, 5.74) is 5.89. The summed E-state index contributed by atoms with van der Waals surface area (Å²) in [5.74, 6) is -2.28. The number of benzene rings is 4. The standard InChI is InChI=1S/C45H49N3O7/c1-3-5-25-40(47-45(53)54-31-39-37-23-14-12-21-35(37)36-22-13-15-24-38(36)39)44(52)55-41(33-19-10-7-11-20-33)29-46-43(51)34(16-4-2)28-42(50)48(26-27-49)30-32-17-8-6-9-18-32/h3-4,6-15,17-24,34,39-41,49H,1-2,5,16,25-31H2,(H,46,51)(H,47,53). The fourth-order valence-electron chi connectivity index (χ4n) is 6.81. The number of alkyl carbamates (subject to hydrolysis) is 1. The van der Waals surface area contributed by atoms with Crippen molar-refractivity contribution in [2.45, 2.75) is 50.3 Å². The number of aliphatic hydroxyl groups excluding tert-OH is 1. The summed E-state index contributed by atoms with van der Waals surface area (Å²) >= 11 is 0. The SMILES string of the molecule is C=CCCC(NC(=O)OCC1c2ccccc2-c2ccccc21)C(=O)OC(CNC(=O)C(CC=C)CC(=O)N(CCO)Cc1ccccc1)c1ccccc1. The van der Waals surface area contributed by atoms with Crippen LogP contribution in [-0.2, 0) is 30.4 Å². The Morgan fingerprint density at radius 1 is 0.818 bits per heavy atom. The van der Waals surface area contributed by atoms with Gasteiger partial charge in [-0.05, 0) is 52.6 Å². The van der Waals surface area contributed by atoms with Crippen LogP contribution >= 0.6 is 0 Å². The van der Waals surface area contributed by atoms with Gasteiger partial charge in [-0.15, -0.1) is 13.2 Å². The van der Waals surface area contributed by atoms with Gasteiger partial charge in [0.2, 0.25) is 11.8 Å². The van der Waals surface area contributed by atoms with E-state index in [1.165, 1.54) is 4.90 Å². The highest BCUT2D eigenvalue weighted by atomic mass is 16.6. The number of hydrogen-bond donors (Lipinski definition) is 3. The number of aliphatic hydroxyl groups is 1. The Morgan fingerprint density at radius 3 is 2.05 bits per heavy atom. The molecule has 0 spiro atoms. The Hall–Kier alpha value is -6.00. The molecule has 0 saturated heterocycles. The fourth-order valence-corrected chi connectivity index (χ4v) is 6.81. The van der Waals surface area contributed by atoms with Gasteiger partial charge in [-0.3, -0.25) is 9.59 Å². The van der Waals surface area contributed by atoms with Crippen molar-refractivity contribution >= 4 is 23.9 Å². The molecule has 0 saturated carbocycles. The number of rotatable bonds is 20. The molecule has 10 heteroatoms. The molecule has 4 aromatic carbocycles. The van der Waals surface area contributed by atoms with Crippen molar-refractivity contribution in [3.05, 3.63) is 157 Å². The van der Waals surface area contributed by atoms with Crippen LogP contribution in [-0.4, -0.2) is 66.2 Å². The second kappa shape index (κ2) is 20.5. The van der Waals surface area contributed by atoms with E-state index >= 15 is 0 Å². The molecule has 5 rings (SSSR count). The predicted octanol–water partition coefficient (Wildman–Crippen LogP) is 6.86. The van der Waals surface area contributed by atoms with Gasteiger partial charge >= 0.3 is 12.1 Å². The molecule has 1 aliphatic carbocycles. The van der Waals surface area contributed by atoms with Gasteiger partial charge < -0.3 is 30.1 Å². The lowest BCUT2D eigenvalue weighted by Crippen LogP contribution is -2.44. The first-order valence-corrected chi connectivity index (χ1v) is 18.6. The number of carbonyl (C=O) groups is 4. The number of amides is 3. The largest absolute Gasteiger partial charge is 0.454 e. The Bertz CT molecular complexity index is 1870. The van der Waals surface area contributed by atoms with Crippen LogP contribution in [0.3, 0.4) is 0 Å². The van der Waals surface area contributed by atoms with E-state index in [-0.39, 0.29) is 57.4 Å². The van der Waals surface area contributed by atoms with Gasteiger partial charge in [-0.1, -0.05) is 121 Å². The van der Waals surface area contributed by atoms with Crippen LogP contribution in [0.2, 0.25) is 0 Å². The zero-order valence-electron chi connectivity index (χ0n) is 31.0. The predicted molar refractivity (Wildman–Crippen MR) is 212 cm³/mol. The van der Waals surface area contributed by atoms with Gasteiger partial charge in [-0.25, -0.2) is 9.59 Å². The minimum Gasteiger partial charge on any atom is -0.454 e. The molecule has 0 heterocycles. The molecule has 0 radical (unpaired) electrons. The van der Waals surface area contributed by atoms with Crippen LogP contribution in [0.15, 0.2) is 135 Å². The van der Waals surface area contributed by atoms with Crippen LogP contribution in [0.4, 0.5) is 4.79 Å². The number of carbonyl (C=O) groups excluding carboxylic acids is 4. The second-order valence-corrected chi connectivity index (χ2v) is 13.4. The number of fused-ring (bicyclic) bond motifs is 3. The number of allylic oxidation sites excluding steroid dienone is 2. The zero-order valence-corrected chi connectivity index (χ0v) is 31.0. The summed E-state index contributed by atoms with van der Waals surface area (Å²) in [6, 6.07) is 33.4. The second-order valence-electron chi connectivity index (χ2n) is 13.4. The molecule has 1 aliphatic rings. The molecule has 0 aromatic heterocycles. The quantitative estimate of drug-likeness (QED) is 0.0665. The minimum atomic E-state index is -1.05. The molecule has 10 nitrogen and oxygen atoms in total. The average molecular weight is 744 g/mol. The molecule has 3 unspecified atom stereocenters. The molecule has 0 bridgehead atoms. The third-order valence-electron chi connectivity index (χ3n) is 9.65. The highest BCUT2D eigenvalue weighted by Crippen LogP contribution is 2.44. The Labute approximate surface area is 322 Å². The normalized spacial score (nSPS) is 13.3. The van der Waals surface area contributed by atoms with E-state index in [1.54, 1.807) is 36.4 Å². The minimum absolute atomic E-state index is 0.0834. The maximum Gasteiger partial charge on any atom is 0.407 e. The lowest BCUT2D eigenvalue weighted by molar-refractivity contribution is -0.152. The van der Waals surface area contributed by atoms with Crippen LogP contribution < -0.4 is 10.6 Å². The van der Waals surface area contributed by atoms with E-state index in [2.05, 4.69) is 35.9 Å². The van der Waals surface area contributed by atoms with Crippen molar-refractivity contribution in [2.75, 3.05) is 26.3 Å². The maximum atomic E-state index is 13.7. The fraction of sp³-hybridized carbons (Fsp3) is 0.289. The molecule has 3 amide bonds. The summed E-state index contributed by atoms with van der Waals surface area (Å²) < 4.78 is 11.7. The van der Waals surface area contributed by atoms with E-state index in [0.717, 1.165) is 27.8 Å². The summed E-state index contributed by atoms with van der Waals surface area (Å²) in [6.45, 7) is 7.75. The summed E-state index contributed by atoms with van der Waals surface area (Å²) in [5, 5.41) is 15.2. The lowest BCUT2D eigenvalue weighted by Gasteiger charge is -2.26. The van der Waals surface area contributed by atoms with Crippen LogP contribution in [0.25, 0.3) is 11.1 Å². The van der Waals surface area contributed by atoms with Crippen molar-refractivity contribution in [3.63, 3.8) is 0 Å². The highest BCUT2D eigenvalue weighted by Gasteiger charge is 2.31. The van der Waals surface area contributed by atoms with Gasteiger partial charge in [0.05, 0.1) is 19.1 Å². The Morgan fingerprint density at radius 2 is 1.44 bits per heavy atom. The summed E-state index contributed by atoms with van der Waals surface area (Å²) in [7, 11) is 0. The van der Waals surface area contributed by atoms with Crippen LogP contribution in [0.1, 0.15) is 60.0 Å². The van der Waals surface area contributed by atoms with Gasteiger partial charge in [-0.2, -0.15) is 0 Å². The van der Waals surface area contributed by atoms with E-state index < -0.39 is 36.0 Å². The molecule has 286 valence electrons. The Kier molecular flexibility index (Phi) is 14.9. The van der Waals surface area contributed by atoms with Crippen LogP contribution in [0.5, 0.6) is 0 Å². The number of ether oxygens (including phenoxy) is 2. The zero-order chi connectivity index (χ0) is 39.0. The first kappa shape index (κ1) is 40.2. The monoisotopic (exact) mass is 743 g/mol. The molecule has 3 N–H and O–H groups in total. The van der Waals surface area contributed by atoms with Gasteiger partial charge in [0.1, 0.15) is 18.8 Å². The van der Waals surface area contributed by atoms with Gasteiger partial charge in [0.25, 0.3) is 0 Å². The van der Waals surface area contributed by atoms with Crippen molar-refractivity contribution in [1.82, 2.24) is 15.5 Å². The Balaban J connectivity index is 1.23. The van der Waals surface area contributed by atoms with Crippen molar-refractivity contribution < 1.29 is 33.8 Å². The van der Waals surface area contributed by atoms with Crippen molar-refractivity contribution in [2.24, 2.45) is 5.92 Å². The topological polar surface area (TPSA) is 134 Å². The molecule has 4 aromatic rings. The van der Waals surface area contributed by atoms with Crippen molar-refractivity contribution in [3.8, 4) is 11.1 Å². The number of nitrogens with zero attached hydrogens (tertiary/aromatic N) is 1. The van der Waals surface area contributed by atoms with Gasteiger partial charge in [0, 0.05) is 25.4 Å². The molecular weight excluding hydrogens is 695 g/mol.